The monoisotopic (exact) mass is 640 g/mol. The van der Waals surface area contributed by atoms with Crippen molar-refractivity contribution in [1.82, 2.24) is 16.0 Å². The lowest BCUT2D eigenvalue weighted by atomic mass is 10.1. The van der Waals surface area contributed by atoms with Gasteiger partial charge >= 0.3 is 24.2 Å². The number of amides is 3. The second kappa shape index (κ2) is 16.4. The molecule has 0 aliphatic rings. The maximum Gasteiger partial charge on any atom is 0.414 e. The van der Waals surface area contributed by atoms with Gasteiger partial charge in [-0.05, 0) is 61.5 Å². The summed E-state index contributed by atoms with van der Waals surface area (Å²) in [6.07, 6.45) is -2.38. The van der Waals surface area contributed by atoms with Crippen LogP contribution in [0.1, 0.15) is 38.3 Å². The number of carbonyl (C=O) groups excluding carboxylic acids is 4. The molecule has 244 valence electrons. The van der Waals surface area contributed by atoms with Gasteiger partial charge in [-0.3, -0.25) is 15.4 Å². The lowest BCUT2D eigenvalue weighted by molar-refractivity contribution is -0.134. The number of hydrogen-bond donors (Lipinski definition) is 3. The van der Waals surface area contributed by atoms with Crippen molar-refractivity contribution >= 4 is 46.7 Å². The minimum absolute atomic E-state index is 0.00689. The molecule has 4 rings (SSSR count). The Balaban J connectivity index is 1.44. The third-order valence-corrected chi connectivity index (χ3v) is 6.15. The lowest BCUT2D eigenvalue weighted by Crippen LogP contribution is -2.44. The highest BCUT2D eigenvalue weighted by Crippen LogP contribution is 2.29. The first-order valence-electron chi connectivity index (χ1n) is 14.8. The van der Waals surface area contributed by atoms with Crippen molar-refractivity contribution in [3.63, 3.8) is 0 Å². The molecule has 0 saturated carbocycles. The zero-order chi connectivity index (χ0) is 33.6. The van der Waals surface area contributed by atoms with Gasteiger partial charge in [-0.15, -0.1) is 0 Å². The van der Waals surface area contributed by atoms with Gasteiger partial charge in [0.25, 0.3) is 0 Å². The van der Waals surface area contributed by atoms with Gasteiger partial charge in [0.2, 0.25) is 5.96 Å². The van der Waals surface area contributed by atoms with Gasteiger partial charge in [-0.1, -0.05) is 72.8 Å². The Morgan fingerprint density at radius 3 is 1.87 bits per heavy atom. The third-order valence-electron chi connectivity index (χ3n) is 6.15. The smallest absolute Gasteiger partial charge is 0.414 e. The topological polar surface area (TPSA) is 154 Å². The average Bonchev–Trinajstić information content (AvgIpc) is 3.03. The standard InChI is InChI=1S/C35H36N4O8/c1-35(2,3)47-32(41)36-20-19-30(40)46-29-16-10-15-26-21-27(17-18-28(26)29)37-31(38-33(42)44-22-24-11-6-4-7-12-24)39-34(43)45-23-25-13-8-5-9-14-25/h4-18,21H,19-20,22-23H2,1-3H3,(H,36,41)(H2,37,38,39,42,43). The molecule has 0 heterocycles. The Hall–Kier alpha value is -5.91. The van der Waals surface area contributed by atoms with Crippen LogP contribution in [0, 0.1) is 0 Å². The van der Waals surface area contributed by atoms with Crippen LogP contribution in [-0.4, -0.2) is 42.4 Å². The molecule has 0 spiro atoms. The predicted molar refractivity (Wildman–Crippen MR) is 175 cm³/mol. The Labute approximate surface area is 272 Å². The molecule has 0 bridgehead atoms. The Bertz CT molecular complexity index is 1660. The largest absolute Gasteiger partial charge is 0.444 e. The molecule has 0 saturated heterocycles. The van der Waals surface area contributed by atoms with Crippen LogP contribution in [0.5, 0.6) is 5.75 Å². The number of alkyl carbamates (subject to hydrolysis) is 3. The fraction of sp³-hybridized carbons (Fsp3) is 0.229. The van der Waals surface area contributed by atoms with Gasteiger partial charge < -0.3 is 24.3 Å². The average molecular weight is 641 g/mol. The zero-order valence-electron chi connectivity index (χ0n) is 26.3. The predicted octanol–water partition coefficient (Wildman–Crippen LogP) is 6.50. The minimum Gasteiger partial charge on any atom is -0.444 e. The maximum atomic E-state index is 12.6. The Kier molecular flexibility index (Phi) is 11.9. The first-order chi connectivity index (χ1) is 22.5. The van der Waals surface area contributed by atoms with E-state index in [0.29, 0.717) is 22.2 Å². The molecule has 0 atom stereocenters. The first kappa shape index (κ1) is 34.0. The summed E-state index contributed by atoms with van der Waals surface area (Å²) in [5.41, 5.74) is 1.27. The molecule has 47 heavy (non-hydrogen) atoms. The summed E-state index contributed by atoms with van der Waals surface area (Å²) in [6, 6.07) is 28.4. The number of nitrogens with one attached hydrogen (secondary N) is 3. The number of esters is 1. The number of aliphatic imine (C=N–C) groups is 1. The highest BCUT2D eigenvalue weighted by atomic mass is 16.6. The van der Waals surface area contributed by atoms with Gasteiger partial charge in [0, 0.05) is 11.9 Å². The second-order valence-electron chi connectivity index (χ2n) is 11.1. The Morgan fingerprint density at radius 1 is 0.702 bits per heavy atom. The van der Waals surface area contributed by atoms with E-state index < -0.39 is 29.9 Å². The summed E-state index contributed by atoms with van der Waals surface area (Å²) in [6.45, 7) is 5.29. The molecule has 0 aliphatic heterocycles. The van der Waals surface area contributed by atoms with E-state index in [2.05, 4.69) is 20.9 Å². The maximum absolute atomic E-state index is 12.6. The first-order valence-corrected chi connectivity index (χ1v) is 14.8. The van der Waals surface area contributed by atoms with Gasteiger partial charge in [-0.25, -0.2) is 19.4 Å². The summed E-state index contributed by atoms with van der Waals surface area (Å²) < 4.78 is 21.3. The third kappa shape index (κ3) is 11.8. The summed E-state index contributed by atoms with van der Waals surface area (Å²) in [4.78, 5) is 54.0. The Morgan fingerprint density at radius 2 is 1.30 bits per heavy atom. The van der Waals surface area contributed by atoms with Gasteiger partial charge in [0.05, 0.1) is 12.1 Å². The molecular weight excluding hydrogens is 604 g/mol. The molecule has 4 aromatic rings. The van der Waals surface area contributed by atoms with Crippen molar-refractivity contribution < 1.29 is 38.1 Å². The SMILES string of the molecule is CC(C)(C)OC(=O)NCCC(=O)Oc1cccc2cc(N=C(NC(=O)OCc3ccccc3)NC(=O)OCc3ccccc3)ccc12. The number of benzene rings is 4. The van der Waals surface area contributed by atoms with E-state index in [4.69, 9.17) is 18.9 Å². The number of hydrogen-bond acceptors (Lipinski definition) is 9. The molecule has 0 aromatic heterocycles. The van der Waals surface area contributed by atoms with Crippen molar-refractivity contribution in [3.8, 4) is 5.75 Å². The molecule has 0 fully saturated rings. The molecule has 0 unspecified atom stereocenters. The van der Waals surface area contributed by atoms with Crippen LogP contribution in [0.2, 0.25) is 0 Å². The molecule has 12 nitrogen and oxygen atoms in total. The van der Waals surface area contributed by atoms with E-state index >= 15 is 0 Å². The zero-order valence-corrected chi connectivity index (χ0v) is 26.3. The van der Waals surface area contributed by atoms with Gasteiger partial charge in [0.1, 0.15) is 24.6 Å². The normalized spacial score (nSPS) is 10.7. The highest BCUT2D eigenvalue weighted by molar-refractivity contribution is 6.03. The number of rotatable bonds is 9. The molecule has 0 aliphatic carbocycles. The van der Waals surface area contributed by atoms with Crippen LogP contribution in [0.15, 0.2) is 102 Å². The quantitative estimate of drug-likeness (QED) is 0.0616. The molecule has 12 heteroatoms. The van der Waals surface area contributed by atoms with Crippen molar-refractivity contribution in [2.24, 2.45) is 4.99 Å². The van der Waals surface area contributed by atoms with Crippen molar-refractivity contribution in [1.29, 1.82) is 0 Å². The highest BCUT2D eigenvalue weighted by Gasteiger charge is 2.17. The van der Waals surface area contributed by atoms with Crippen molar-refractivity contribution in [2.75, 3.05) is 6.54 Å². The van der Waals surface area contributed by atoms with Crippen molar-refractivity contribution in [3.05, 3.63) is 108 Å². The second-order valence-corrected chi connectivity index (χ2v) is 11.1. The van der Waals surface area contributed by atoms with E-state index in [1.807, 2.05) is 60.7 Å². The van der Waals surface area contributed by atoms with Crippen LogP contribution in [0.25, 0.3) is 10.8 Å². The van der Waals surface area contributed by atoms with Crippen LogP contribution in [-0.2, 0) is 32.2 Å². The molecule has 3 N–H and O–H groups in total. The van der Waals surface area contributed by atoms with Gasteiger partial charge in [0.15, 0.2) is 0 Å². The van der Waals surface area contributed by atoms with E-state index in [1.54, 1.807) is 57.2 Å². The number of fused-ring (bicyclic) bond motifs is 1. The van der Waals surface area contributed by atoms with Gasteiger partial charge in [-0.2, -0.15) is 0 Å². The summed E-state index contributed by atoms with van der Waals surface area (Å²) >= 11 is 0. The molecule has 0 radical (unpaired) electrons. The minimum atomic E-state index is -0.841. The van der Waals surface area contributed by atoms with Crippen molar-refractivity contribution in [2.45, 2.75) is 46.0 Å². The number of carbonyl (C=O) groups is 4. The fourth-order valence-corrected chi connectivity index (χ4v) is 4.08. The van der Waals surface area contributed by atoms with E-state index in [1.165, 1.54) is 0 Å². The van der Waals surface area contributed by atoms with Crippen LogP contribution in [0.3, 0.4) is 0 Å². The number of guanidine groups is 1. The summed E-state index contributed by atoms with van der Waals surface area (Å²) in [7, 11) is 0. The lowest BCUT2D eigenvalue weighted by Gasteiger charge is -2.19. The van der Waals surface area contributed by atoms with E-state index in [9.17, 15) is 19.2 Å². The summed E-state index contributed by atoms with van der Waals surface area (Å²) in [5, 5.41) is 8.73. The molecule has 4 aromatic carbocycles. The molecular formula is C35H36N4O8. The molecule has 3 amide bonds. The number of ether oxygens (including phenoxy) is 4. The van der Waals surface area contributed by atoms with E-state index in [0.717, 1.165) is 11.1 Å². The summed E-state index contributed by atoms with van der Waals surface area (Å²) in [5.74, 6) is -0.458. The van der Waals surface area contributed by atoms with E-state index in [-0.39, 0.29) is 32.1 Å². The van der Waals surface area contributed by atoms with Crippen LogP contribution in [0.4, 0.5) is 20.1 Å². The van der Waals surface area contributed by atoms with Crippen LogP contribution < -0.4 is 20.7 Å². The fourth-order valence-electron chi connectivity index (χ4n) is 4.08. The number of nitrogens with zero attached hydrogens (tertiary/aromatic N) is 1. The van der Waals surface area contributed by atoms with Crippen LogP contribution >= 0.6 is 0 Å².